The summed E-state index contributed by atoms with van der Waals surface area (Å²) in [7, 11) is -3.57. The average Bonchev–Trinajstić information content (AvgIpc) is 3.60. The molecular weight excluding hydrogens is 486 g/mol. The lowest BCUT2D eigenvalue weighted by molar-refractivity contribution is -0.113. The third kappa shape index (κ3) is 4.95. The SMILES string of the molecule is O=C(Nc1c2c(cc3c1CCC3)CCC2)C(=CNS(=O)O)C1CCCN1S(=O)(=O)C1CCCCC1. The minimum absolute atomic E-state index is 0.201. The predicted molar refractivity (Wildman–Crippen MR) is 137 cm³/mol. The van der Waals surface area contributed by atoms with E-state index in [0.717, 1.165) is 63.5 Å². The second kappa shape index (κ2) is 10.3. The van der Waals surface area contributed by atoms with E-state index in [0.29, 0.717) is 32.2 Å². The van der Waals surface area contributed by atoms with Gasteiger partial charge in [0.25, 0.3) is 17.2 Å². The molecule has 0 radical (unpaired) electrons. The van der Waals surface area contributed by atoms with Gasteiger partial charge in [0.1, 0.15) is 0 Å². The summed E-state index contributed by atoms with van der Waals surface area (Å²) in [6.45, 7) is 0.368. The van der Waals surface area contributed by atoms with E-state index >= 15 is 0 Å². The number of sulfonamides is 1. The fourth-order valence-corrected chi connectivity index (χ4v) is 8.99. The first-order valence-electron chi connectivity index (χ1n) is 12.9. The summed E-state index contributed by atoms with van der Waals surface area (Å²) < 4.78 is 51.7. The van der Waals surface area contributed by atoms with Crippen LogP contribution in [-0.2, 0) is 51.8 Å². The zero-order valence-electron chi connectivity index (χ0n) is 20.1. The molecule has 0 aromatic heterocycles. The second-order valence-electron chi connectivity index (χ2n) is 10.2. The highest BCUT2D eigenvalue weighted by atomic mass is 32.2. The molecule has 1 saturated carbocycles. The van der Waals surface area contributed by atoms with Gasteiger partial charge in [-0.2, -0.15) is 4.31 Å². The van der Waals surface area contributed by atoms with E-state index in [2.05, 4.69) is 16.1 Å². The highest BCUT2D eigenvalue weighted by Crippen LogP contribution is 2.39. The van der Waals surface area contributed by atoms with Crippen LogP contribution in [-0.4, -0.2) is 45.2 Å². The monoisotopic (exact) mass is 521 g/mol. The lowest BCUT2D eigenvalue weighted by Crippen LogP contribution is -2.45. The summed E-state index contributed by atoms with van der Waals surface area (Å²) in [5.41, 5.74) is 6.05. The molecule has 1 heterocycles. The van der Waals surface area contributed by atoms with Gasteiger partial charge >= 0.3 is 0 Å². The topological polar surface area (TPSA) is 116 Å². The van der Waals surface area contributed by atoms with Crippen molar-refractivity contribution in [2.45, 2.75) is 94.8 Å². The fraction of sp³-hybridized carbons (Fsp3) is 0.640. The van der Waals surface area contributed by atoms with Crippen LogP contribution < -0.4 is 10.0 Å². The Hall–Kier alpha value is -1.75. The number of carbonyl (C=O) groups is 1. The van der Waals surface area contributed by atoms with Gasteiger partial charge in [0.15, 0.2) is 0 Å². The third-order valence-corrected chi connectivity index (χ3v) is 10.9. The van der Waals surface area contributed by atoms with Gasteiger partial charge < -0.3 is 5.32 Å². The number of benzene rings is 1. The number of nitrogens with one attached hydrogen (secondary N) is 2. The van der Waals surface area contributed by atoms with Crippen LogP contribution in [0.1, 0.15) is 80.0 Å². The Bertz CT molecular complexity index is 1130. The maximum atomic E-state index is 13.7. The Morgan fingerprint density at radius 3 is 2.26 bits per heavy atom. The van der Waals surface area contributed by atoms with Crippen molar-refractivity contribution < 1.29 is 22.0 Å². The summed E-state index contributed by atoms with van der Waals surface area (Å²) >= 11 is -2.36. The van der Waals surface area contributed by atoms with Gasteiger partial charge in [-0.05, 0) is 86.5 Å². The van der Waals surface area contributed by atoms with E-state index in [1.807, 2.05) is 0 Å². The molecule has 1 saturated heterocycles. The molecule has 35 heavy (non-hydrogen) atoms. The highest BCUT2D eigenvalue weighted by molar-refractivity contribution is 7.89. The van der Waals surface area contributed by atoms with Gasteiger partial charge in [0, 0.05) is 18.4 Å². The molecule has 5 rings (SSSR count). The molecule has 10 heteroatoms. The minimum atomic E-state index is -3.57. The summed E-state index contributed by atoms with van der Waals surface area (Å²) in [6.07, 6.45) is 12.5. The number of amides is 1. The van der Waals surface area contributed by atoms with Gasteiger partial charge in [0.2, 0.25) is 10.0 Å². The smallest absolute Gasteiger partial charge is 0.258 e. The van der Waals surface area contributed by atoms with Crippen LogP contribution >= 0.6 is 0 Å². The van der Waals surface area contributed by atoms with Crippen molar-refractivity contribution in [3.05, 3.63) is 40.1 Å². The number of carbonyl (C=O) groups excluding carboxylic acids is 1. The molecule has 3 N–H and O–H groups in total. The lowest BCUT2D eigenvalue weighted by Gasteiger charge is -2.31. The number of aryl methyl sites for hydroxylation is 2. The van der Waals surface area contributed by atoms with Crippen molar-refractivity contribution in [3.8, 4) is 0 Å². The number of rotatable bonds is 7. The van der Waals surface area contributed by atoms with Crippen LogP contribution in [0.5, 0.6) is 0 Å². The standard InChI is InChI=1S/C25H35N3O5S2/c29-25(27-24-20-11-4-7-17(20)15-18-8-5-12-21(18)24)22(16-26-34(30)31)23-13-6-14-28(23)35(32,33)19-9-2-1-3-10-19/h15-16,19,23,26H,1-14H2,(H,27,29)(H,30,31). The highest BCUT2D eigenvalue weighted by Gasteiger charge is 2.42. The van der Waals surface area contributed by atoms with Crippen LogP contribution in [0.25, 0.3) is 0 Å². The van der Waals surface area contributed by atoms with Gasteiger partial charge in [0.05, 0.1) is 16.9 Å². The van der Waals surface area contributed by atoms with E-state index in [9.17, 15) is 22.0 Å². The predicted octanol–water partition coefficient (Wildman–Crippen LogP) is 3.34. The van der Waals surface area contributed by atoms with Crippen LogP contribution in [0.2, 0.25) is 0 Å². The van der Waals surface area contributed by atoms with Crippen LogP contribution in [0.15, 0.2) is 17.8 Å². The van der Waals surface area contributed by atoms with Crippen molar-refractivity contribution in [1.29, 1.82) is 0 Å². The van der Waals surface area contributed by atoms with Crippen molar-refractivity contribution in [3.63, 3.8) is 0 Å². The molecule has 2 unspecified atom stereocenters. The first kappa shape index (κ1) is 24.9. The van der Waals surface area contributed by atoms with Crippen molar-refractivity contribution in [2.24, 2.45) is 0 Å². The molecular formula is C25H35N3O5S2. The maximum Gasteiger partial charge on any atom is 0.258 e. The summed E-state index contributed by atoms with van der Waals surface area (Å²) in [4.78, 5) is 13.7. The van der Waals surface area contributed by atoms with Crippen molar-refractivity contribution in [1.82, 2.24) is 9.03 Å². The van der Waals surface area contributed by atoms with E-state index in [-0.39, 0.29) is 5.57 Å². The molecule has 0 spiro atoms. The van der Waals surface area contributed by atoms with Crippen molar-refractivity contribution >= 4 is 32.9 Å². The summed E-state index contributed by atoms with van der Waals surface area (Å²) in [5, 5.41) is 2.73. The first-order chi connectivity index (χ1) is 16.9. The maximum absolute atomic E-state index is 13.7. The Morgan fingerprint density at radius 2 is 1.63 bits per heavy atom. The minimum Gasteiger partial charge on any atom is -0.322 e. The number of fused-ring (bicyclic) bond motifs is 2. The molecule has 1 aromatic rings. The fourth-order valence-electron chi connectivity index (χ4n) is 6.49. The molecule has 0 bridgehead atoms. The van der Waals surface area contributed by atoms with E-state index in [1.54, 1.807) is 0 Å². The van der Waals surface area contributed by atoms with Crippen molar-refractivity contribution in [2.75, 3.05) is 11.9 Å². The normalized spacial score (nSPS) is 24.3. The second-order valence-corrected chi connectivity index (χ2v) is 13.1. The molecule has 192 valence electrons. The molecule has 8 nitrogen and oxygen atoms in total. The third-order valence-electron chi connectivity index (χ3n) is 8.15. The van der Waals surface area contributed by atoms with Gasteiger partial charge in [-0.1, -0.05) is 25.3 Å². The number of hydrogen-bond acceptors (Lipinski definition) is 4. The largest absolute Gasteiger partial charge is 0.322 e. The van der Waals surface area contributed by atoms with Crippen LogP contribution in [0.4, 0.5) is 5.69 Å². The first-order valence-corrected chi connectivity index (χ1v) is 15.5. The van der Waals surface area contributed by atoms with Crippen LogP contribution in [0, 0.1) is 0 Å². The number of hydrogen-bond donors (Lipinski definition) is 3. The number of anilines is 1. The zero-order valence-corrected chi connectivity index (χ0v) is 21.7. The van der Waals surface area contributed by atoms with Gasteiger partial charge in [-0.25, -0.2) is 12.6 Å². The molecule has 1 amide bonds. The molecule has 2 atom stereocenters. The molecule has 1 aromatic carbocycles. The Morgan fingerprint density at radius 1 is 0.971 bits per heavy atom. The molecule has 1 aliphatic heterocycles. The van der Waals surface area contributed by atoms with Crippen LogP contribution in [0.3, 0.4) is 0 Å². The average molecular weight is 522 g/mol. The Labute approximate surface area is 210 Å². The molecule has 2 fully saturated rings. The number of nitrogens with zero attached hydrogens (tertiary/aromatic N) is 1. The van der Waals surface area contributed by atoms with E-state index in [4.69, 9.17) is 0 Å². The van der Waals surface area contributed by atoms with E-state index in [1.165, 1.54) is 32.8 Å². The Kier molecular flexibility index (Phi) is 7.35. The van der Waals surface area contributed by atoms with Gasteiger partial charge in [-0.15, -0.1) is 0 Å². The Balaban J connectivity index is 1.46. The summed E-state index contributed by atoms with van der Waals surface area (Å²) in [6, 6.07) is 1.64. The molecule has 4 aliphatic rings. The van der Waals surface area contributed by atoms with E-state index < -0.39 is 38.5 Å². The zero-order chi connectivity index (χ0) is 24.6. The molecule has 3 aliphatic carbocycles. The quantitative estimate of drug-likeness (QED) is 0.376. The summed E-state index contributed by atoms with van der Waals surface area (Å²) in [5.74, 6) is -0.395. The van der Waals surface area contributed by atoms with Gasteiger partial charge in [-0.3, -0.25) is 14.1 Å². The lowest BCUT2D eigenvalue weighted by atomic mass is 9.98.